The van der Waals surface area contributed by atoms with E-state index in [1.54, 1.807) is 21.6 Å². The van der Waals surface area contributed by atoms with Crippen molar-refractivity contribution in [2.75, 3.05) is 13.2 Å². The second-order valence-corrected chi connectivity index (χ2v) is 4.53. The van der Waals surface area contributed by atoms with Crippen molar-refractivity contribution in [3.05, 3.63) is 29.1 Å². The van der Waals surface area contributed by atoms with Crippen LogP contribution in [0.3, 0.4) is 0 Å². The highest BCUT2D eigenvalue weighted by atomic mass is 35.5. The van der Waals surface area contributed by atoms with E-state index in [0.29, 0.717) is 30.6 Å². The van der Waals surface area contributed by atoms with E-state index in [2.05, 4.69) is 15.3 Å². The summed E-state index contributed by atoms with van der Waals surface area (Å²) in [7, 11) is 1.85. The molecule has 0 spiro atoms. The zero-order valence-corrected chi connectivity index (χ0v) is 12.5. The molecular weight excluding hydrogens is 282 g/mol. The Bertz CT molecular complexity index is 548. The third-order valence-corrected chi connectivity index (χ3v) is 3.12. The van der Waals surface area contributed by atoms with Gasteiger partial charge in [0.2, 0.25) is 6.29 Å². The number of ether oxygens (including phenoxy) is 2. The fraction of sp³-hybridized carbons (Fsp3) is 0.583. The molecule has 20 heavy (non-hydrogen) atoms. The Balaban J connectivity index is 2.09. The Kier molecular flexibility index (Phi) is 5.11. The van der Waals surface area contributed by atoms with Gasteiger partial charge in [0, 0.05) is 20.3 Å². The van der Waals surface area contributed by atoms with Crippen molar-refractivity contribution in [1.82, 2.24) is 24.5 Å². The molecule has 8 heteroatoms. The van der Waals surface area contributed by atoms with Gasteiger partial charge in [-0.05, 0) is 13.8 Å². The lowest BCUT2D eigenvalue weighted by Gasteiger charge is -2.13. The van der Waals surface area contributed by atoms with E-state index >= 15 is 0 Å². The highest BCUT2D eigenvalue weighted by Gasteiger charge is 2.16. The van der Waals surface area contributed by atoms with Gasteiger partial charge in [-0.25, -0.2) is 9.67 Å². The molecule has 0 unspecified atom stereocenters. The topological polar surface area (TPSA) is 67.0 Å². The predicted molar refractivity (Wildman–Crippen MR) is 73.3 cm³/mol. The average molecular weight is 300 g/mol. The van der Waals surface area contributed by atoms with Crippen LogP contribution in [0.4, 0.5) is 0 Å². The van der Waals surface area contributed by atoms with Crippen molar-refractivity contribution in [3.8, 4) is 0 Å². The zero-order valence-electron chi connectivity index (χ0n) is 11.8. The molecule has 0 aromatic carbocycles. The Labute approximate surface area is 122 Å². The van der Waals surface area contributed by atoms with Crippen LogP contribution in [0.5, 0.6) is 0 Å². The number of imidazole rings is 1. The van der Waals surface area contributed by atoms with E-state index in [9.17, 15) is 0 Å². The van der Waals surface area contributed by atoms with E-state index in [4.69, 9.17) is 21.1 Å². The largest absolute Gasteiger partial charge is 0.347 e. The summed E-state index contributed by atoms with van der Waals surface area (Å²) in [4.78, 5) is 4.22. The number of aromatic nitrogens is 5. The maximum atomic E-state index is 5.95. The summed E-state index contributed by atoms with van der Waals surface area (Å²) >= 11 is 5.95. The molecule has 0 fully saturated rings. The van der Waals surface area contributed by atoms with Gasteiger partial charge >= 0.3 is 0 Å². The second-order valence-electron chi connectivity index (χ2n) is 4.14. The Morgan fingerprint density at radius 3 is 2.55 bits per heavy atom. The smallest absolute Gasteiger partial charge is 0.204 e. The van der Waals surface area contributed by atoms with Crippen LogP contribution in [0.25, 0.3) is 0 Å². The van der Waals surface area contributed by atoms with Gasteiger partial charge in [0.05, 0.1) is 12.4 Å². The van der Waals surface area contributed by atoms with Crippen LogP contribution in [0.1, 0.15) is 31.7 Å². The van der Waals surface area contributed by atoms with E-state index < -0.39 is 6.29 Å². The summed E-state index contributed by atoms with van der Waals surface area (Å²) in [5, 5.41) is 8.72. The molecule has 7 nitrogen and oxygen atoms in total. The van der Waals surface area contributed by atoms with Gasteiger partial charge in [-0.1, -0.05) is 16.8 Å². The molecule has 2 rings (SSSR count). The molecule has 110 valence electrons. The number of hydrogen-bond acceptors (Lipinski definition) is 5. The van der Waals surface area contributed by atoms with Crippen LogP contribution in [-0.4, -0.2) is 37.8 Å². The zero-order chi connectivity index (χ0) is 14.5. The number of hydrogen-bond donors (Lipinski definition) is 0. The SMILES string of the molecule is CCOC(OCC)c1cn(Cc2ncc(Cl)n2C)nn1. The third-order valence-electron chi connectivity index (χ3n) is 2.77. The van der Waals surface area contributed by atoms with Crippen molar-refractivity contribution >= 4 is 11.6 Å². The maximum absolute atomic E-state index is 5.95. The monoisotopic (exact) mass is 299 g/mol. The van der Waals surface area contributed by atoms with Gasteiger partial charge in [-0.2, -0.15) is 0 Å². The van der Waals surface area contributed by atoms with Crippen LogP contribution in [0.2, 0.25) is 5.15 Å². The van der Waals surface area contributed by atoms with E-state index in [1.807, 2.05) is 20.9 Å². The summed E-state index contributed by atoms with van der Waals surface area (Å²) in [6.07, 6.45) is 2.92. The summed E-state index contributed by atoms with van der Waals surface area (Å²) in [6.45, 7) is 5.40. The molecular formula is C12H18ClN5O2. The number of nitrogens with zero attached hydrogens (tertiary/aromatic N) is 5. The summed E-state index contributed by atoms with van der Waals surface area (Å²) in [5.74, 6) is 0.802. The first-order chi connectivity index (χ1) is 9.65. The van der Waals surface area contributed by atoms with Crippen molar-refractivity contribution in [1.29, 1.82) is 0 Å². The number of halogens is 1. The second kappa shape index (κ2) is 6.83. The highest BCUT2D eigenvalue weighted by Crippen LogP contribution is 2.16. The van der Waals surface area contributed by atoms with Crippen LogP contribution >= 0.6 is 11.6 Å². The lowest BCUT2D eigenvalue weighted by Crippen LogP contribution is -2.09. The molecule has 0 radical (unpaired) electrons. The van der Waals surface area contributed by atoms with Gasteiger partial charge in [-0.15, -0.1) is 5.10 Å². The first-order valence-corrected chi connectivity index (χ1v) is 6.82. The minimum atomic E-state index is -0.483. The Hall–Kier alpha value is -1.44. The molecule has 0 amide bonds. The lowest BCUT2D eigenvalue weighted by molar-refractivity contribution is -0.142. The standard InChI is InChI=1S/C12H18ClN5O2/c1-4-19-12(20-5-2)9-7-18(16-15-9)8-11-14-6-10(13)17(11)3/h6-7,12H,4-5,8H2,1-3H3. The first-order valence-electron chi connectivity index (χ1n) is 6.45. The van der Waals surface area contributed by atoms with Gasteiger partial charge in [0.15, 0.2) is 0 Å². The molecule has 0 bridgehead atoms. The lowest BCUT2D eigenvalue weighted by atomic mass is 10.4. The Morgan fingerprint density at radius 1 is 1.30 bits per heavy atom. The van der Waals surface area contributed by atoms with Crippen molar-refractivity contribution in [3.63, 3.8) is 0 Å². The molecule has 2 aromatic rings. The Morgan fingerprint density at radius 2 is 2.00 bits per heavy atom. The first kappa shape index (κ1) is 15.0. The van der Waals surface area contributed by atoms with Gasteiger partial charge in [0.1, 0.15) is 23.2 Å². The highest BCUT2D eigenvalue weighted by molar-refractivity contribution is 6.29. The average Bonchev–Trinajstić information content (AvgIpc) is 3.01. The minimum absolute atomic E-state index is 0.483. The maximum Gasteiger partial charge on any atom is 0.204 e. The summed E-state index contributed by atoms with van der Waals surface area (Å²) in [6, 6.07) is 0. The van der Waals surface area contributed by atoms with E-state index in [1.165, 1.54) is 0 Å². The number of rotatable bonds is 7. The molecule has 2 heterocycles. The minimum Gasteiger partial charge on any atom is -0.347 e. The normalized spacial score (nSPS) is 11.4. The van der Waals surface area contributed by atoms with Crippen LogP contribution in [-0.2, 0) is 23.1 Å². The molecule has 2 aromatic heterocycles. The molecule has 0 saturated heterocycles. The van der Waals surface area contributed by atoms with Gasteiger partial charge in [0.25, 0.3) is 0 Å². The van der Waals surface area contributed by atoms with Gasteiger partial charge in [-0.3, -0.25) is 0 Å². The third kappa shape index (κ3) is 3.36. The summed E-state index contributed by atoms with van der Waals surface area (Å²) < 4.78 is 14.4. The molecule has 0 aliphatic heterocycles. The van der Waals surface area contributed by atoms with E-state index in [-0.39, 0.29) is 0 Å². The predicted octanol–water partition coefficient (Wildman–Crippen LogP) is 1.78. The van der Waals surface area contributed by atoms with Crippen molar-refractivity contribution in [2.24, 2.45) is 7.05 Å². The van der Waals surface area contributed by atoms with E-state index in [0.717, 1.165) is 5.82 Å². The van der Waals surface area contributed by atoms with Crippen molar-refractivity contribution in [2.45, 2.75) is 26.7 Å². The molecule has 0 aliphatic rings. The van der Waals surface area contributed by atoms with Crippen LogP contribution in [0.15, 0.2) is 12.4 Å². The van der Waals surface area contributed by atoms with Gasteiger partial charge < -0.3 is 14.0 Å². The molecule has 0 aliphatic carbocycles. The van der Waals surface area contributed by atoms with Crippen LogP contribution < -0.4 is 0 Å². The summed E-state index contributed by atoms with van der Waals surface area (Å²) in [5.41, 5.74) is 0.647. The fourth-order valence-electron chi connectivity index (χ4n) is 1.74. The van der Waals surface area contributed by atoms with Crippen LogP contribution in [0, 0.1) is 0 Å². The quantitative estimate of drug-likeness (QED) is 0.729. The molecule has 0 atom stereocenters. The molecule has 0 N–H and O–H groups in total. The fourth-order valence-corrected chi connectivity index (χ4v) is 1.88. The molecule has 0 saturated carbocycles. The van der Waals surface area contributed by atoms with Crippen molar-refractivity contribution < 1.29 is 9.47 Å².